The highest BCUT2D eigenvalue weighted by Gasteiger charge is 2.32. The predicted octanol–water partition coefficient (Wildman–Crippen LogP) is 4.59. The van der Waals surface area contributed by atoms with Crippen LogP contribution in [0.1, 0.15) is 36.6 Å². The third-order valence-electron chi connectivity index (χ3n) is 6.57. The highest BCUT2D eigenvalue weighted by molar-refractivity contribution is 7.07. The van der Waals surface area contributed by atoms with E-state index in [4.69, 9.17) is 20.9 Å². The number of fused-ring (bicyclic) bond motifs is 1. The average molecular weight is 564 g/mol. The Bertz CT molecular complexity index is 1850. The molecule has 1 aliphatic heterocycles. The van der Waals surface area contributed by atoms with Gasteiger partial charge in [0, 0.05) is 5.69 Å². The van der Waals surface area contributed by atoms with Crippen LogP contribution in [0.5, 0.6) is 11.5 Å². The standard InChI is InChI=1S/C33H29N3O4S/c1-5-18-40-26-17-14-23(19-27(26)39-6-2)20-28-32(38)36-30(24-15-12-21(3)13-16-24)29(22(4)34-33(36)41-28)31(37)35-25-10-8-7-9-11-25/h1,7-17,19-20,30H,6,18H2,2-4H3,(H,35,37)/b28-20-/t30-/m1/s1. The number of anilines is 1. The van der Waals surface area contributed by atoms with Crippen LogP contribution in [0.25, 0.3) is 6.08 Å². The molecule has 0 aliphatic carbocycles. The molecule has 0 unspecified atom stereocenters. The summed E-state index contributed by atoms with van der Waals surface area (Å²) in [4.78, 5) is 32.9. The number of hydrogen-bond acceptors (Lipinski definition) is 6. The molecule has 3 aromatic carbocycles. The summed E-state index contributed by atoms with van der Waals surface area (Å²) in [5, 5.41) is 2.97. The van der Waals surface area contributed by atoms with E-state index >= 15 is 0 Å². The normalized spacial score (nSPS) is 14.6. The van der Waals surface area contributed by atoms with E-state index in [0.717, 1.165) is 16.7 Å². The second-order valence-electron chi connectivity index (χ2n) is 9.44. The molecule has 0 saturated heterocycles. The number of aryl methyl sites for hydroxylation is 1. The van der Waals surface area contributed by atoms with Gasteiger partial charge < -0.3 is 14.8 Å². The molecule has 4 aromatic rings. The van der Waals surface area contributed by atoms with E-state index < -0.39 is 6.04 Å². The lowest BCUT2D eigenvalue weighted by Gasteiger charge is -2.25. The van der Waals surface area contributed by atoms with Crippen LogP contribution in [0.4, 0.5) is 5.69 Å². The van der Waals surface area contributed by atoms with E-state index in [1.54, 1.807) is 16.7 Å². The maximum Gasteiger partial charge on any atom is 0.271 e. The third kappa shape index (κ3) is 5.86. The second-order valence-corrected chi connectivity index (χ2v) is 10.5. The number of terminal acetylenes is 1. The number of nitrogens with zero attached hydrogens (tertiary/aromatic N) is 2. The van der Waals surface area contributed by atoms with E-state index in [0.29, 0.717) is 44.4 Å². The predicted molar refractivity (Wildman–Crippen MR) is 162 cm³/mol. The van der Waals surface area contributed by atoms with Crippen LogP contribution < -0.4 is 29.7 Å². The van der Waals surface area contributed by atoms with Crippen molar-refractivity contribution in [1.82, 2.24) is 4.57 Å². The van der Waals surface area contributed by atoms with Gasteiger partial charge in [0.05, 0.1) is 28.5 Å². The maximum atomic E-state index is 14.0. The fraction of sp³-hybridized carbons (Fsp3) is 0.182. The molecule has 1 aliphatic rings. The van der Waals surface area contributed by atoms with Crippen molar-refractivity contribution in [3.05, 3.63) is 120 Å². The van der Waals surface area contributed by atoms with Crippen molar-refractivity contribution in [2.45, 2.75) is 26.8 Å². The van der Waals surface area contributed by atoms with Crippen LogP contribution in [0, 0.1) is 19.3 Å². The Hall–Kier alpha value is -4.87. The van der Waals surface area contributed by atoms with Gasteiger partial charge in [-0.25, -0.2) is 4.99 Å². The van der Waals surface area contributed by atoms with Gasteiger partial charge in [-0.2, -0.15) is 0 Å². The van der Waals surface area contributed by atoms with Gasteiger partial charge in [0.15, 0.2) is 16.3 Å². The number of benzene rings is 3. The van der Waals surface area contributed by atoms with Gasteiger partial charge in [-0.3, -0.25) is 14.2 Å². The number of para-hydroxylation sites is 1. The molecule has 0 radical (unpaired) electrons. The summed E-state index contributed by atoms with van der Waals surface area (Å²) in [5.41, 5.74) is 4.08. The summed E-state index contributed by atoms with van der Waals surface area (Å²) in [7, 11) is 0. The van der Waals surface area contributed by atoms with Gasteiger partial charge in [-0.1, -0.05) is 71.4 Å². The fourth-order valence-electron chi connectivity index (χ4n) is 4.67. The summed E-state index contributed by atoms with van der Waals surface area (Å²) in [6.45, 7) is 6.26. The number of ether oxygens (including phenoxy) is 2. The first-order valence-corrected chi connectivity index (χ1v) is 14.0. The van der Waals surface area contributed by atoms with Crippen molar-refractivity contribution in [3.8, 4) is 23.8 Å². The van der Waals surface area contributed by atoms with Crippen LogP contribution in [-0.2, 0) is 4.79 Å². The van der Waals surface area contributed by atoms with E-state index in [1.807, 2.05) is 87.5 Å². The smallest absolute Gasteiger partial charge is 0.271 e. The number of allylic oxidation sites excluding steroid dienone is 1. The molecule has 0 spiro atoms. The summed E-state index contributed by atoms with van der Waals surface area (Å²) in [6.07, 6.45) is 7.14. The minimum absolute atomic E-state index is 0.122. The molecule has 7 nitrogen and oxygen atoms in total. The summed E-state index contributed by atoms with van der Waals surface area (Å²) >= 11 is 1.28. The second kappa shape index (κ2) is 12.1. The van der Waals surface area contributed by atoms with Gasteiger partial charge in [0.25, 0.3) is 11.5 Å². The van der Waals surface area contributed by atoms with Gasteiger partial charge in [-0.15, -0.1) is 6.42 Å². The largest absolute Gasteiger partial charge is 0.490 e. The number of rotatable bonds is 8. The van der Waals surface area contributed by atoms with E-state index in [1.165, 1.54) is 11.3 Å². The van der Waals surface area contributed by atoms with Crippen molar-refractivity contribution in [1.29, 1.82) is 0 Å². The molecular weight excluding hydrogens is 534 g/mol. The lowest BCUT2D eigenvalue weighted by Crippen LogP contribution is -2.40. The van der Waals surface area contributed by atoms with Crippen LogP contribution in [0.3, 0.4) is 0 Å². The summed E-state index contributed by atoms with van der Waals surface area (Å²) < 4.78 is 13.4. The zero-order chi connectivity index (χ0) is 28.9. The molecule has 206 valence electrons. The minimum Gasteiger partial charge on any atom is -0.490 e. The number of hydrogen-bond donors (Lipinski definition) is 1. The Labute approximate surface area is 242 Å². The van der Waals surface area contributed by atoms with Crippen molar-refractivity contribution >= 4 is 29.0 Å². The zero-order valence-electron chi connectivity index (χ0n) is 23.0. The highest BCUT2D eigenvalue weighted by Crippen LogP contribution is 2.31. The number of carbonyl (C=O) groups excluding carboxylic acids is 1. The Kier molecular flexibility index (Phi) is 8.18. The topological polar surface area (TPSA) is 81.9 Å². The maximum absolute atomic E-state index is 14.0. The van der Waals surface area contributed by atoms with E-state index in [-0.39, 0.29) is 18.1 Å². The van der Waals surface area contributed by atoms with Crippen molar-refractivity contribution in [3.63, 3.8) is 0 Å². The Balaban J connectivity index is 1.62. The first kappa shape index (κ1) is 27.7. The van der Waals surface area contributed by atoms with Crippen LogP contribution in [0.2, 0.25) is 0 Å². The number of carbonyl (C=O) groups is 1. The van der Waals surface area contributed by atoms with E-state index in [2.05, 4.69) is 11.2 Å². The van der Waals surface area contributed by atoms with Gasteiger partial charge >= 0.3 is 0 Å². The molecule has 41 heavy (non-hydrogen) atoms. The average Bonchev–Trinajstić information content (AvgIpc) is 3.27. The van der Waals surface area contributed by atoms with Gasteiger partial charge in [0.1, 0.15) is 6.61 Å². The minimum atomic E-state index is -0.642. The molecule has 1 N–H and O–H groups in total. The lowest BCUT2D eigenvalue weighted by molar-refractivity contribution is -0.113. The number of nitrogens with one attached hydrogen (secondary N) is 1. The number of thiazole rings is 1. The molecule has 1 atom stereocenters. The van der Waals surface area contributed by atoms with Crippen LogP contribution >= 0.6 is 11.3 Å². The Morgan fingerprint density at radius 2 is 1.83 bits per heavy atom. The van der Waals surface area contributed by atoms with Crippen LogP contribution in [-0.4, -0.2) is 23.7 Å². The fourth-order valence-corrected chi connectivity index (χ4v) is 5.72. The Morgan fingerprint density at radius 1 is 1.07 bits per heavy atom. The summed E-state index contributed by atoms with van der Waals surface area (Å²) in [5.74, 6) is 3.22. The monoisotopic (exact) mass is 563 g/mol. The molecule has 1 aromatic heterocycles. The zero-order valence-corrected chi connectivity index (χ0v) is 23.8. The molecule has 5 rings (SSSR count). The van der Waals surface area contributed by atoms with Crippen molar-refractivity contribution in [2.75, 3.05) is 18.5 Å². The molecule has 1 amide bonds. The number of amides is 1. The molecule has 0 fully saturated rings. The first-order valence-electron chi connectivity index (χ1n) is 13.2. The van der Waals surface area contributed by atoms with Crippen molar-refractivity contribution < 1.29 is 14.3 Å². The van der Waals surface area contributed by atoms with Gasteiger partial charge in [-0.05, 0) is 62.2 Å². The van der Waals surface area contributed by atoms with Gasteiger partial charge in [0.2, 0.25) is 0 Å². The van der Waals surface area contributed by atoms with E-state index in [9.17, 15) is 9.59 Å². The molecule has 8 heteroatoms. The molecule has 0 bridgehead atoms. The summed E-state index contributed by atoms with van der Waals surface area (Å²) in [6, 6.07) is 21.9. The number of aromatic nitrogens is 1. The van der Waals surface area contributed by atoms with Crippen LogP contribution in [0.15, 0.2) is 93.9 Å². The molecular formula is C33H29N3O4S. The molecule has 0 saturated carbocycles. The third-order valence-corrected chi connectivity index (χ3v) is 7.55. The quantitative estimate of drug-likeness (QED) is 0.318. The first-order chi connectivity index (χ1) is 19.9. The molecule has 2 heterocycles. The lowest BCUT2D eigenvalue weighted by atomic mass is 9.94. The highest BCUT2D eigenvalue weighted by atomic mass is 32.1. The Morgan fingerprint density at radius 3 is 2.54 bits per heavy atom. The SMILES string of the molecule is C#CCOc1ccc(/C=c2\sc3n(c2=O)[C@H](c2ccc(C)cc2)C(C(=O)Nc2ccccc2)=C(C)N=3)cc1OCC. The van der Waals surface area contributed by atoms with Crippen molar-refractivity contribution in [2.24, 2.45) is 4.99 Å².